The number of nitrogens with one attached hydrogen (secondary N) is 4. The van der Waals surface area contributed by atoms with Gasteiger partial charge in [-0.3, -0.25) is 24.0 Å². The number of hydrogen-bond acceptors (Lipinski definition) is 8. The van der Waals surface area contributed by atoms with E-state index in [1.165, 1.54) is 12.1 Å². The molecule has 0 saturated carbocycles. The van der Waals surface area contributed by atoms with Crippen LogP contribution in [0.25, 0.3) is 10.9 Å². The van der Waals surface area contributed by atoms with Gasteiger partial charge in [0.25, 0.3) is 0 Å². The second kappa shape index (κ2) is 14.5. The molecule has 15 heteroatoms. The maximum absolute atomic E-state index is 13.5. The molecule has 4 amide bonds. The van der Waals surface area contributed by atoms with Crippen LogP contribution in [0.5, 0.6) is 5.75 Å². The Kier molecular flexibility index (Phi) is 10.8. The Morgan fingerprint density at radius 2 is 1.37 bits per heavy atom. The lowest BCUT2D eigenvalue weighted by Gasteiger charge is -2.24. The molecule has 43 heavy (non-hydrogen) atoms. The van der Waals surface area contributed by atoms with Crippen LogP contribution in [-0.2, 0) is 41.6 Å². The van der Waals surface area contributed by atoms with Gasteiger partial charge in [-0.25, -0.2) is 4.79 Å². The molecule has 0 spiro atoms. The summed E-state index contributed by atoms with van der Waals surface area (Å²) in [5, 5.41) is 35.4. The predicted molar refractivity (Wildman–Crippen MR) is 151 cm³/mol. The molecule has 1 aromatic heterocycles. The maximum atomic E-state index is 13.5. The summed E-state index contributed by atoms with van der Waals surface area (Å²) in [5.74, 6) is -6.93. The predicted octanol–water partition coefficient (Wildman–Crippen LogP) is -1.12. The number of H-pyrrole nitrogens is 1. The van der Waals surface area contributed by atoms with Gasteiger partial charge >= 0.3 is 11.9 Å². The lowest BCUT2D eigenvalue weighted by Crippen LogP contribution is -2.58. The fraction of sp³-hybridized carbons (Fsp3) is 0.286. The summed E-state index contributed by atoms with van der Waals surface area (Å²) in [6.45, 7) is 0. The first-order valence-corrected chi connectivity index (χ1v) is 13.1. The largest absolute Gasteiger partial charge is 0.508 e. The van der Waals surface area contributed by atoms with E-state index in [0.717, 1.165) is 10.9 Å². The van der Waals surface area contributed by atoms with Gasteiger partial charge in [-0.05, 0) is 35.7 Å². The number of aromatic nitrogens is 1. The van der Waals surface area contributed by atoms with E-state index >= 15 is 0 Å². The van der Waals surface area contributed by atoms with Crippen LogP contribution in [-0.4, -0.2) is 80.0 Å². The van der Waals surface area contributed by atoms with Crippen LogP contribution in [0.4, 0.5) is 0 Å². The third kappa shape index (κ3) is 9.29. The minimum absolute atomic E-state index is 0.0319. The second-order valence-corrected chi connectivity index (χ2v) is 9.83. The Balaban J connectivity index is 1.84. The lowest BCUT2D eigenvalue weighted by atomic mass is 10.0. The van der Waals surface area contributed by atoms with E-state index in [9.17, 15) is 39.0 Å². The lowest BCUT2D eigenvalue weighted by molar-refractivity contribution is -0.147. The van der Waals surface area contributed by atoms with Crippen LogP contribution >= 0.6 is 0 Å². The van der Waals surface area contributed by atoms with Crippen LogP contribution in [0.1, 0.15) is 24.0 Å². The van der Waals surface area contributed by atoms with Crippen molar-refractivity contribution in [2.45, 2.75) is 49.9 Å². The number of aromatic amines is 1. The number of nitrogens with two attached hydrogens (primary N) is 2. The molecule has 15 nitrogen and oxygen atoms in total. The molecule has 0 aliphatic heterocycles. The van der Waals surface area contributed by atoms with Crippen LogP contribution < -0.4 is 27.4 Å². The van der Waals surface area contributed by atoms with Crippen molar-refractivity contribution in [3.05, 3.63) is 65.9 Å². The number of carbonyl (C=O) groups excluding carboxylic acids is 4. The Morgan fingerprint density at radius 1 is 0.767 bits per heavy atom. The number of para-hydroxylation sites is 1. The number of primary amides is 1. The first-order valence-electron chi connectivity index (χ1n) is 13.1. The quantitative estimate of drug-likeness (QED) is 0.102. The number of carboxylic acid groups (broad SMARTS) is 2. The van der Waals surface area contributed by atoms with Crippen molar-refractivity contribution in [1.82, 2.24) is 20.9 Å². The van der Waals surface area contributed by atoms with Gasteiger partial charge < -0.3 is 47.7 Å². The Morgan fingerprint density at radius 3 is 2.00 bits per heavy atom. The van der Waals surface area contributed by atoms with Crippen LogP contribution in [0, 0.1) is 0 Å². The van der Waals surface area contributed by atoms with E-state index in [1.807, 2.05) is 11.4 Å². The molecule has 0 aliphatic rings. The molecule has 1 heterocycles. The molecule has 4 unspecified atom stereocenters. The number of phenols is 1. The number of phenolic OH excluding ortho intramolecular Hbond substituents is 1. The van der Waals surface area contributed by atoms with Crippen molar-refractivity contribution >= 4 is 46.5 Å². The summed E-state index contributed by atoms with van der Waals surface area (Å²) < 4.78 is 0. The van der Waals surface area contributed by atoms with Gasteiger partial charge in [0.1, 0.15) is 23.9 Å². The van der Waals surface area contributed by atoms with Gasteiger partial charge in [-0.2, -0.15) is 0 Å². The van der Waals surface area contributed by atoms with E-state index in [1.54, 1.807) is 36.5 Å². The SMILES string of the molecule is NC(=O)CC(NC(=O)C(Cc1c[nH]c2ccccc12)NC(=O)C(N)Cc1ccc(O)cc1)C(=O)NC(CC(=O)O)C(=O)O. The van der Waals surface area contributed by atoms with E-state index < -0.39 is 72.6 Å². The number of hydrogen-bond donors (Lipinski definition) is 9. The maximum Gasteiger partial charge on any atom is 0.326 e. The summed E-state index contributed by atoms with van der Waals surface area (Å²) in [6.07, 6.45) is -0.0679. The number of aliphatic carboxylic acids is 2. The van der Waals surface area contributed by atoms with Gasteiger partial charge in [0.15, 0.2) is 0 Å². The number of carboxylic acids is 2. The Labute approximate surface area is 244 Å². The summed E-state index contributed by atoms with van der Waals surface area (Å²) >= 11 is 0. The van der Waals surface area contributed by atoms with Gasteiger partial charge in [-0.1, -0.05) is 30.3 Å². The van der Waals surface area contributed by atoms with Gasteiger partial charge in [0.2, 0.25) is 23.6 Å². The van der Waals surface area contributed by atoms with E-state index in [2.05, 4.69) is 15.6 Å². The average molecular weight is 597 g/mol. The third-order valence-electron chi connectivity index (χ3n) is 6.49. The van der Waals surface area contributed by atoms with Gasteiger partial charge in [0.05, 0.1) is 18.9 Å². The standard InChI is InChI=1S/C28H32N6O9/c29-18(9-14-5-7-16(35)8-6-14)25(39)32-20(10-15-13-31-19-4-2-1-3-17(15)19)26(40)33-21(11-23(30)36)27(41)34-22(28(42)43)12-24(37)38/h1-8,13,18,20-22,31,35H,9-12,29H2,(H2,30,36)(H,32,39)(H,33,40)(H,34,41)(H,37,38)(H,42,43). The molecule has 4 atom stereocenters. The highest BCUT2D eigenvalue weighted by molar-refractivity contribution is 5.97. The molecule has 3 rings (SSSR count). The Bertz CT molecular complexity index is 1500. The summed E-state index contributed by atoms with van der Waals surface area (Å²) in [5.41, 5.74) is 13.4. The zero-order chi connectivity index (χ0) is 31.7. The fourth-order valence-corrected chi connectivity index (χ4v) is 4.32. The highest BCUT2D eigenvalue weighted by Crippen LogP contribution is 2.19. The van der Waals surface area contributed by atoms with Crippen molar-refractivity contribution in [3.8, 4) is 5.75 Å². The summed E-state index contributed by atoms with van der Waals surface area (Å²) in [7, 11) is 0. The van der Waals surface area contributed by atoms with Crippen molar-refractivity contribution in [2.24, 2.45) is 11.5 Å². The number of benzene rings is 2. The number of aromatic hydroxyl groups is 1. The zero-order valence-electron chi connectivity index (χ0n) is 22.8. The molecular formula is C28H32N6O9. The minimum atomic E-state index is -1.85. The van der Waals surface area contributed by atoms with E-state index in [0.29, 0.717) is 11.1 Å². The smallest absolute Gasteiger partial charge is 0.326 e. The highest BCUT2D eigenvalue weighted by Gasteiger charge is 2.32. The highest BCUT2D eigenvalue weighted by atomic mass is 16.4. The molecule has 0 aliphatic carbocycles. The second-order valence-electron chi connectivity index (χ2n) is 9.83. The topological polar surface area (TPSA) is 267 Å². The van der Waals surface area contributed by atoms with E-state index in [-0.39, 0.29) is 18.6 Å². The number of fused-ring (bicyclic) bond motifs is 1. The monoisotopic (exact) mass is 596 g/mol. The van der Waals surface area contributed by atoms with E-state index in [4.69, 9.17) is 16.6 Å². The molecule has 0 bridgehead atoms. The molecule has 11 N–H and O–H groups in total. The molecular weight excluding hydrogens is 564 g/mol. The number of rotatable bonds is 15. The molecule has 0 saturated heterocycles. The fourth-order valence-electron chi connectivity index (χ4n) is 4.32. The van der Waals surface area contributed by atoms with Crippen LogP contribution in [0.2, 0.25) is 0 Å². The first-order chi connectivity index (χ1) is 20.3. The average Bonchev–Trinajstić information content (AvgIpc) is 3.35. The minimum Gasteiger partial charge on any atom is -0.508 e. The van der Waals surface area contributed by atoms with Crippen LogP contribution in [0.15, 0.2) is 54.7 Å². The van der Waals surface area contributed by atoms with Crippen molar-refractivity contribution in [1.29, 1.82) is 0 Å². The van der Waals surface area contributed by atoms with Crippen molar-refractivity contribution < 1.29 is 44.1 Å². The van der Waals surface area contributed by atoms with Gasteiger partial charge in [-0.15, -0.1) is 0 Å². The van der Waals surface area contributed by atoms with Crippen molar-refractivity contribution in [3.63, 3.8) is 0 Å². The zero-order valence-corrected chi connectivity index (χ0v) is 22.8. The molecule has 3 aromatic rings. The normalized spacial score (nSPS) is 13.7. The number of carbonyl (C=O) groups is 6. The Hall–Kier alpha value is -5.44. The van der Waals surface area contributed by atoms with Crippen LogP contribution in [0.3, 0.4) is 0 Å². The van der Waals surface area contributed by atoms with Crippen molar-refractivity contribution in [2.75, 3.05) is 0 Å². The molecule has 2 aromatic carbocycles. The third-order valence-corrected chi connectivity index (χ3v) is 6.49. The van der Waals surface area contributed by atoms with Gasteiger partial charge in [0, 0.05) is 23.5 Å². The summed E-state index contributed by atoms with van der Waals surface area (Å²) in [4.78, 5) is 76.7. The number of amides is 4. The molecule has 0 fully saturated rings. The molecule has 228 valence electrons. The first kappa shape index (κ1) is 32.1. The molecule has 0 radical (unpaired) electrons. The summed E-state index contributed by atoms with van der Waals surface area (Å²) in [6, 6.07) is 7.25.